The lowest BCUT2D eigenvalue weighted by molar-refractivity contribution is 0.0730. The van der Waals surface area contributed by atoms with Crippen LogP contribution in [0.15, 0.2) is 6.07 Å². The Balaban J connectivity index is 2.17. The highest BCUT2D eigenvalue weighted by Crippen LogP contribution is 2.21. The van der Waals surface area contributed by atoms with E-state index in [1.54, 1.807) is 0 Å². The quantitative estimate of drug-likeness (QED) is 0.893. The molecule has 0 saturated carbocycles. The SMILES string of the molecule is CNC[C@H]1CCCN1C(=O)c1cc(C(C)C)n(C)n1. The zero-order chi connectivity index (χ0) is 14.0. The Bertz CT molecular complexity index is 452. The summed E-state index contributed by atoms with van der Waals surface area (Å²) < 4.78 is 1.82. The molecule has 2 rings (SSSR count). The molecule has 1 aliphatic heterocycles. The molecule has 106 valence electrons. The zero-order valence-corrected chi connectivity index (χ0v) is 12.3. The predicted molar refractivity (Wildman–Crippen MR) is 75.3 cm³/mol. The summed E-state index contributed by atoms with van der Waals surface area (Å²) in [6, 6.07) is 2.24. The first-order chi connectivity index (χ1) is 9.04. The van der Waals surface area contributed by atoms with Gasteiger partial charge in [0, 0.05) is 31.9 Å². The fourth-order valence-electron chi connectivity index (χ4n) is 2.82. The van der Waals surface area contributed by atoms with E-state index in [-0.39, 0.29) is 5.91 Å². The lowest BCUT2D eigenvalue weighted by Gasteiger charge is -2.23. The Hall–Kier alpha value is -1.36. The van der Waals surface area contributed by atoms with E-state index in [0.29, 0.717) is 17.7 Å². The summed E-state index contributed by atoms with van der Waals surface area (Å²) in [7, 11) is 3.83. The standard InChI is InChI=1S/C14H24N4O/c1-10(2)13-8-12(16-17(13)4)14(19)18-7-5-6-11(18)9-15-3/h8,10-11,15H,5-7,9H2,1-4H3/t11-/m1/s1. The molecule has 1 aromatic rings. The van der Waals surface area contributed by atoms with Crippen LogP contribution in [0.3, 0.4) is 0 Å². The van der Waals surface area contributed by atoms with Crippen LogP contribution in [-0.2, 0) is 7.05 Å². The van der Waals surface area contributed by atoms with Crippen LogP contribution in [0.1, 0.15) is 48.8 Å². The smallest absolute Gasteiger partial charge is 0.274 e. The van der Waals surface area contributed by atoms with Crippen LogP contribution >= 0.6 is 0 Å². The van der Waals surface area contributed by atoms with E-state index >= 15 is 0 Å². The number of aryl methyl sites for hydroxylation is 1. The third-order valence-corrected chi connectivity index (χ3v) is 3.80. The first kappa shape index (κ1) is 14.1. The molecule has 5 heteroatoms. The van der Waals surface area contributed by atoms with Gasteiger partial charge in [0.1, 0.15) is 0 Å². The van der Waals surface area contributed by atoms with E-state index in [0.717, 1.165) is 31.6 Å². The van der Waals surface area contributed by atoms with Gasteiger partial charge in [0.2, 0.25) is 0 Å². The van der Waals surface area contributed by atoms with E-state index in [1.165, 1.54) is 0 Å². The summed E-state index contributed by atoms with van der Waals surface area (Å²) in [5.74, 6) is 0.450. The lowest BCUT2D eigenvalue weighted by atomic mass is 10.1. The van der Waals surface area contributed by atoms with Crippen LogP contribution in [0.5, 0.6) is 0 Å². The average molecular weight is 264 g/mol. The average Bonchev–Trinajstić information content (AvgIpc) is 2.95. The number of nitrogens with one attached hydrogen (secondary N) is 1. The van der Waals surface area contributed by atoms with Crippen molar-refractivity contribution < 1.29 is 4.79 Å². The molecule has 0 unspecified atom stereocenters. The maximum atomic E-state index is 12.5. The molecule has 1 atom stereocenters. The highest BCUT2D eigenvalue weighted by molar-refractivity contribution is 5.92. The van der Waals surface area contributed by atoms with Gasteiger partial charge in [-0.15, -0.1) is 0 Å². The molecular weight excluding hydrogens is 240 g/mol. The van der Waals surface area contributed by atoms with E-state index < -0.39 is 0 Å². The monoisotopic (exact) mass is 264 g/mol. The van der Waals surface area contributed by atoms with E-state index in [9.17, 15) is 4.79 Å². The molecule has 0 aliphatic carbocycles. The Morgan fingerprint density at radius 3 is 2.89 bits per heavy atom. The van der Waals surface area contributed by atoms with Crippen molar-refractivity contribution in [2.75, 3.05) is 20.1 Å². The summed E-state index contributed by atoms with van der Waals surface area (Å²) >= 11 is 0. The van der Waals surface area contributed by atoms with Gasteiger partial charge in [-0.25, -0.2) is 0 Å². The van der Waals surface area contributed by atoms with Gasteiger partial charge in [0.05, 0.1) is 0 Å². The van der Waals surface area contributed by atoms with Crippen molar-refractivity contribution in [3.05, 3.63) is 17.5 Å². The zero-order valence-electron chi connectivity index (χ0n) is 12.3. The van der Waals surface area contributed by atoms with Gasteiger partial charge in [-0.1, -0.05) is 13.8 Å². The number of likely N-dealkylation sites (tertiary alicyclic amines) is 1. The fourth-order valence-corrected chi connectivity index (χ4v) is 2.82. The molecule has 5 nitrogen and oxygen atoms in total. The van der Waals surface area contributed by atoms with Crippen molar-refractivity contribution in [1.82, 2.24) is 20.0 Å². The minimum absolute atomic E-state index is 0.0697. The Labute approximate surface area is 115 Å². The molecule has 1 aliphatic rings. The number of rotatable bonds is 4. The van der Waals surface area contributed by atoms with Crippen molar-refractivity contribution in [1.29, 1.82) is 0 Å². The number of carbonyl (C=O) groups excluding carboxylic acids is 1. The second kappa shape index (κ2) is 5.74. The maximum Gasteiger partial charge on any atom is 0.274 e. The van der Waals surface area contributed by atoms with Gasteiger partial charge in [-0.2, -0.15) is 5.10 Å². The van der Waals surface area contributed by atoms with Crippen LogP contribution < -0.4 is 5.32 Å². The summed E-state index contributed by atoms with van der Waals surface area (Å²) in [5.41, 5.74) is 1.68. The number of nitrogens with zero attached hydrogens (tertiary/aromatic N) is 3. The highest BCUT2D eigenvalue weighted by Gasteiger charge is 2.30. The minimum Gasteiger partial charge on any atom is -0.333 e. The summed E-state index contributed by atoms with van der Waals surface area (Å²) in [6.07, 6.45) is 2.17. The van der Waals surface area contributed by atoms with E-state index in [4.69, 9.17) is 0 Å². The largest absolute Gasteiger partial charge is 0.333 e. The molecule has 0 bridgehead atoms. The number of aromatic nitrogens is 2. The first-order valence-electron chi connectivity index (χ1n) is 7.04. The Morgan fingerprint density at radius 2 is 2.32 bits per heavy atom. The van der Waals surface area contributed by atoms with Crippen LogP contribution in [-0.4, -0.2) is 46.8 Å². The van der Waals surface area contributed by atoms with Gasteiger partial charge < -0.3 is 10.2 Å². The van der Waals surface area contributed by atoms with Crippen LogP contribution in [0, 0.1) is 0 Å². The molecule has 19 heavy (non-hydrogen) atoms. The molecule has 0 radical (unpaired) electrons. The molecular formula is C14H24N4O. The van der Waals surface area contributed by atoms with Gasteiger partial charge >= 0.3 is 0 Å². The van der Waals surface area contributed by atoms with Gasteiger partial charge in [-0.3, -0.25) is 9.48 Å². The molecule has 2 heterocycles. The van der Waals surface area contributed by atoms with Crippen molar-refractivity contribution in [3.63, 3.8) is 0 Å². The summed E-state index contributed by atoms with van der Waals surface area (Å²) in [5, 5.41) is 7.54. The fraction of sp³-hybridized carbons (Fsp3) is 0.714. The first-order valence-corrected chi connectivity index (χ1v) is 7.04. The molecule has 0 aromatic carbocycles. The van der Waals surface area contributed by atoms with Crippen molar-refractivity contribution in [3.8, 4) is 0 Å². The van der Waals surface area contributed by atoms with Crippen LogP contribution in [0.4, 0.5) is 0 Å². The molecule has 0 spiro atoms. The van der Waals surface area contributed by atoms with Crippen molar-refractivity contribution in [2.24, 2.45) is 7.05 Å². The van der Waals surface area contributed by atoms with Crippen LogP contribution in [0.2, 0.25) is 0 Å². The highest BCUT2D eigenvalue weighted by atomic mass is 16.2. The second-order valence-corrected chi connectivity index (χ2v) is 5.59. The number of hydrogen-bond donors (Lipinski definition) is 1. The van der Waals surface area contributed by atoms with E-state index in [2.05, 4.69) is 24.3 Å². The van der Waals surface area contributed by atoms with Crippen molar-refractivity contribution in [2.45, 2.75) is 38.6 Å². The molecule has 1 amide bonds. The van der Waals surface area contributed by atoms with E-state index in [1.807, 2.05) is 29.7 Å². The molecule has 1 fully saturated rings. The number of amides is 1. The summed E-state index contributed by atoms with van der Waals surface area (Å²) in [6.45, 7) is 5.93. The van der Waals surface area contributed by atoms with Gasteiger partial charge in [0.25, 0.3) is 5.91 Å². The molecule has 1 N–H and O–H groups in total. The van der Waals surface area contributed by atoms with Crippen LogP contribution in [0.25, 0.3) is 0 Å². The Kier molecular flexibility index (Phi) is 4.24. The number of likely N-dealkylation sites (N-methyl/N-ethyl adjacent to an activating group) is 1. The second-order valence-electron chi connectivity index (χ2n) is 5.59. The number of carbonyl (C=O) groups is 1. The maximum absolute atomic E-state index is 12.5. The predicted octanol–water partition coefficient (Wildman–Crippen LogP) is 1.37. The molecule has 1 saturated heterocycles. The number of hydrogen-bond acceptors (Lipinski definition) is 3. The third-order valence-electron chi connectivity index (χ3n) is 3.80. The summed E-state index contributed by atoms with van der Waals surface area (Å²) in [4.78, 5) is 14.5. The molecule has 1 aromatic heterocycles. The topological polar surface area (TPSA) is 50.2 Å². The van der Waals surface area contributed by atoms with Gasteiger partial charge in [-0.05, 0) is 31.9 Å². The minimum atomic E-state index is 0.0697. The van der Waals surface area contributed by atoms with Gasteiger partial charge in [0.15, 0.2) is 5.69 Å². The Morgan fingerprint density at radius 1 is 1.58 bits per heavy atom. The third kappa shape index (κ3) is 2.81. The normalized spacial score (nSPS) is 19.4. The van der Waals surface area contributed by atoms with Crippen molar-refractivity contribution >= 4 is 5.91 Å². The lowest BCUT2D eigenvalue weighted by Crippen LogP contribution is -2.41.